The molecule has 0 fully saturated rings. The topological polar surface area (TPSA) is 105 Å². The number of nitrogens with zero attached hydrogens (tertiary/aromatic N) is 3. The zero-order chi connectivity index (χ0) is 14.5. The minimum Gasteiger partial charge on any atom is -0.481 e. The molecular formula is C12H9ClN4O3. The summed E-state index contributed by atoms with van der Waals surface area (Å²) < 4.78 is 0. The van der Waals surface area contributed by atoms with Crippen molar-refractivity contribution in [2.24, 2.45) is 0 Å². The highest BCUT2D eigenvalue weighted by Crippen LogP contribution is 2.09. The molecule has 20 heavy (non-hydrogen) atoms. The summed E-state index contributed by atoms with van der Waals surface area (Å²) in [6.07, 6.45) is 3.80. The molecule has 0 unspecified atom stereocenters. The van der Waals surface area contributed by atoms with E-state index < -0.39 is 11.9 Å². The third kappa shape index (κ3) is 3.72. The number of carbonyl (C=O) groups is 2. The summed E-state index contributed by atoms with van der Waals surface area (Å²) >= 11 is 5.64. The molecule has 0 spiro atoms. The second-order valence-corrected chi connectivity index (χ2v) is 4.18. The predicted molar refractivity (Wildman–Crippen MR) is 70.6 cm³/mol. The number of carboxylic acid groups (broad SMARTS) is 1. The normalized spacial score (nSPS) is 10.1. The molecule has 2 aromatic rings. The Balaban J connectivity index is 2.06. The van der Waals surface area contributed by atoms with Crippen LogP contribution < -0.4 is 5.32 Å². The highest BCUT2D eigenvalue weighted by Gasteiger charge is 2.09. The maximum absolute atomic E-state index is 11.8. The van der Waals surface area contributed by atoms with Gasteiger partial charge in [-0.1, -0.05) is 11.6 Å². The molecule has 0 radical (unpaired) electrons. The van der Waals surface area contributed by atoms with Crippen molar-refractivity contribution >= 4 is 29.2 Å². The Morgan fingerprint density at radius 3 is 2.65 bits per heavy atom. The van der Waals surface area contributed by atoms with E-state index in [2.05, 4.69) is 20.3 Å². The van der Waals surface area contributed by atoms with Gasteiger partial charge in [0.2, 0.25) is 0 Å². The first-order chi connectivity index (χ1) is 9.54. The molecule has 0 saturated carbocycles. The van der Waals surface area contributed by atoms with Gasteiger partial charge in [-0.15, -0.1) is 0 Å². The number of amides is 1. The number of anilines is 1. The Bertz CT molecular complexity index is 645. The minimum absolute atomic E-state index is 0.0760. The third-order valence-corrected chi connectivity index (χ3v) is 2.43. The van der Waals surface area contributed by atoms with E-state index in [4.69, 9.17) is 16.7 Å². The van der Waals surface area contributed by atoms with Gasteiger partial charge in [0.15, 0.2) is 0 Å². The second-order valence-electron chi connectivity index (χ2n) is 3.79. The summed E-state index contributed by atoms with van der Waals surface area (Å²) in [6.45, 7) is 0. The summed E-state index contributed by atoms with van der Waals surface area (Å²) in [5, 5.41) is 11.3. The molecule has 0 saturated heterocycles. The molecule has 8 heteroatoms. The quantitative estimate of drug-likeness (QED) is 0.882. The Kier molecular flexibility index (Phi) is 4.21. The summed E-state index contributed by atoms with van der Waals surface area (Å²) in [5.74, 6) is -1.45. The fourth-order valence-electron chi connectivity index (χ4n) is 1.40. The van der Waals surface area contributed by atoms with Crippen molar-refractivity contribution in [3.05, 3.63) is 47.3 Å². The molecule has 2 aromatic heterocycles. The number of hydrogen-bond donors (Lipinski definition) is 2. The van der Waals surface area contributed by atoms with Crippen LogP contribution in [0.25, 0.3) is 0 Å². The van der Waals surface area contributed by atoms with Gasteiger partial charge in [-0.2, -0.15) is 0 Å². The van der Waals surface area contributed by atoms with Crippen molar-refractivity contribution in [2.45, 2.75) is 6.42 Å². The molecule has 0 aromatic carbocycles. The van der Waals surface area contributed by atoms with Crippen molar-refractivity contribution in [3.63, 3.8) is 0 Å². The van der Waals surface area contributed by atoms with Crippen molar-refractivity contribution < 1.29 is 14.7 Å². The molecule has 0 atom stereocenters. The van der Waals surface area contributed by atoms with E-state index in [1.165, 1.54) is 24.7 Å². The summed E-state index contributed by atoms with van der Waals surface area (Å²) in [7, 11) is 0. The Hall–Kier alpha value is -2.54. The summed E-state index contributed by atoms with van der Waals surface area (Å²) in [4.78, 5) is 33.8. The average molecular weight is 293 g/mol. The first kappa shape index (κ1) is 13.9. The number of rotatable bonds is 4. The Labute approximate surface area is 118 Å². The van der Waals surface area contributed by atoms with Gasteiger partial charge in [0.25, 0.3) is 5.91 Å². The first-order valence-corrected chi connectivity index (χ1v) is 5.88. The number of pyridine rings is 1. The Morgan fingerprint density at radius 1 is 1.25 bits per heavy atom. The Morgan fingerprint density at radius 2 is 2.05 bits per heavy atom. The highest BCUT2D eigenvalue weighted by atomic mass is 35.5. The van der Waals surface area contributed by atoms with Crippen molar-refractivity contribution in [1.82, 2.24) is 15.0 Å². The fourth-order valence-corrected chi connectivity index (χ4v) is 1.55. The zero-order valence-electron chi connectivity index (χ0n) is 10.1. The number of carboxylic acids is 1. The van der Waals surface area contributed by atoms with Crippen LogP contribution in [0.4, 0.5) is 5.69 Å². The molecule has 0 aliphatic rings. The molecule has 102 valence electrons. The summed E-state index contributed by atoms with van der Waals surface area (Å²) in [5.41, 5.74) is 0.899. The molecule has 0 aliphatic carbocycles. The van der Waals surface area contributed by atoms with Crippen LogP contribution in [0.3, 0.4) is 0 Å². The largest absolute Gasteiger partial charge is 0.481 e. The van der Waals surface area contributed by atoms with Crippen LogP contribution >= 0.6 is 11.6 Å². The lowest BCUT2D eigenvalue weighted by Gasteiger charge is -2.04. The smallest absolute Gasteiger partial charge is 0.309 e. The van der Waals surface area contributed by atoms with E-state index >= 15 is 0 Å². The van der Waals surface area contributed by atoms with Crippen molar-refractivity contribution in [1.29, 1.82) is 0 Å². The lowest BCUT2D eigenvalue weighted by Crippen LogP contribution is -2.14. The summed E-state index contributed by atoms with van der Waals surface area (Å²) in [6, 6.07) is 3.08. The number of aliphatic carboxylic acids is 1. The maximum atomic E-state index is 11.8. The van der Waals surface area contributed by atoms with Gasteiger partial charge in [0.05, 0.1) is 36.4 Å². The van der Waals surface area contributed by atoms with Gasteiger partial charge in [-0.05, 0) is 12.1 Å². The maximum Gasteiger partial charge on any atom is 0.309 e. The molecule has 0 bridgehead atoms. The van der Waals surface area contributed by atoms with Crippen LogP contribution in [0.2, 0.25) is 5.15 Å². The van der Waals surface area contributed by atoms with E-state index in [-0.39, 0.29) is 17.3 Å². The van der Waals surface area contributed by atoms with Gasteiger partial charge < -0.3 is 10.4 Å². The molecule has 7 nitrogen and oxygen atoms in total. The number of nitrogens with one attached hydrogen (secondary N) is 1. The number of carbonyl (C=O) groups excluding carboxylic acids is 1. The standard InChI is InChI=1S/C12H9ClN4O3/c13-10-6-14-5-9(17-10)12(20)16-8-2-1-7(15-4-8)3-11(18)19/h1-2,4-6H,3H2,(H,16,20)(H,18,19). The second kappa shape index (κ2) is 6.07. The molecule has 1 amide bonds. The number of aromatic nitrogens is 3. The van der Waals surface area contributed by atoms with Crippen LogP contribution in [-0.2, 0) is 11.2 Å². The predicted octanol–water partition coefficient (Wildman–Crippen LogP) is 1.40. The van der Waals surface area contributed by atoms with E-state index in [0.29, 0.717) is 11.4 Å². The van der Waals surface area contributed by atoms with Crippen LogP contribution in [0, 0.1) is 0 Å². The minimum atomic E-state index is -0.969. The first-order valence-electron chi connectivity index (χ1n) is 5.50. The van der Waals surface area contributed by atoms with Gasteiger partial charge in [0.1, 0.15) is 10.8 Å². The van der Waals surface area contributed by atoms with Crippen molar-refractivity contribution in [3.8, 4) is 0 Å². The number of halogens is 1. The van der Waals surface area contributed by atoms with Crippen LogP contribution in [0.5, 0.6) is 0 Å². The fraction of sp³-hybridized carbons (Fsp3) is 0.0833. The zero-order valence-corrected chi connectivity index (χ0v) is 10.8. The molecule has 2 rings (SSSR count). The van der Waals surface area contributed by atoms with E-state index in [1.807, 2.05) is 0 Å². The van der Waals surface area contributed by atoms with Crippen LogP contribution in [0.1, 0.15) is 16.2 Å². The van der Waals surface area contributed by atoms with Gasteiger partial charge >= 0.3 is 5.97 Å². The monoisotopic (exact) mass is 292 g/mol. The SMILES string of the molecule is O=C(O)Cc1ccc(NC(=O)c2cncc(Cl)n2)cn1. The molecular weight excluding hydrogens is 284 g/mol. The van der Waals surface area contributed by atoms with E-state index in [0.717, 1.165) is 0 Å². The van der Waals surface area contributed by atoms with Crippen LogP contribution in [0.15, 0.2) is 30.7 Å². The van der Waals surface area contributed by atoms with Gasteiger partial charge in [0, 0.05) is 0 Å². The average Bonchev–Trinajstić information content (AvgIpc) is 2.40. The molecule has 2 heterocycles. The van der Waals surface area contributed by atoms with E-state index in [9.17, 15) is 9.59 Å². The lowest BCUT2D eigenvalue weighted by molar-refractivity contribution is -0.136. The van der Waals surface area contributed by atoms with Crippen LogP contribution in [-0.4, -0.2) is 31.9 Å². The molecule has 0 aliphatic heterocycles. The van der Waals surface area contributed by atoms with Gasteiger partial charge in [-0.25, -0.2) is 4.98 Å². The third-order valence-electron chi connectivity index (χ3n) is 2.25. The molecule has 2 N–H and O–H groups in total. The number of hydrogen-bond acceptors (Lipinski definition) is 5. The van der Waals surface area contributed by atoms with Gasteiger partial charge in [-0.3, -0.25) is 19.6 Å². The highest BCUT2D eigenvalue weighted by molar-refractivity contribution is 6.29. The van der Waals surface area contributed by atoms with E-state index in [1.54, 1.807) is 6.07 Å². The van der Waals surface area contributed by atoms with Crippen molar-refractivity contribution in [2.75, 3.05) is 5.32 Å². The lowest BCUT2D eigenvalue weighted by atomic mass is 10.2.